The fraction of sp³-hybridized carbons (Fsp3) is 0.375. The van der Waals surface area contributed by atoms with Gasteiger partial charge in [-0.1, -0.05) is 18.5 Å². The van der Waals surface area contributed by atoms with Crippen molar-refractivity contribution in [3.05, 3.63) is 52.2 Å². The van der Waals surface area contributed by atoms with Crippen LogP contribution in [0.5, 0.6) is 5.75 Å². The third-order valence-electron chi connectivity index (χ3n) is 3.07. The normalized spacial score (nSPS) is 10.9. The zero-order valence-electron chi connectivity index (χ0n) is 12.2. The standard InChI is InChI=1S/C16H19ClFNO2/c1-3-6-19-9-14-7-12(11(2)21-14)10-20-16-5-4-13(18)8-15(16)17/h4-5,7-8,19H,3,6,9-10H2,1-2H3. The van der Waals surface area contributed by atoms with Crippen LogP contribution in [0.1, 0.15) is 30.4 Å². The van der Waals surface area contributed by atoms with Crippen molar-refractivity contribution >= 4 is 11.6 Å². The number of benzene rings is 1. The molecule has 5 heteroatoms. The molecule has 0 saturated heterocycles. The number of halogens is 2. The topological polar surface area (TPSA) is 34.4 Å². The first-order valence-corrected chi connectivity index (χ1v) is 7.34. The van der Waals surface area contributed by atoms with Crippen LogP contribution >= 0.6 is 11.6 Å². The van der Waals surface area contributed by atoms with Crippen molar-refractivity contribution in [2.75, 3.05) is 6.54 Å². The molecule has 3 nitrogen and oxygen atoms in total. The van der Waals surface area contributed by atoms with Crippen molar-refractivity contribution in [1.29, 1.82) is 0 Å². The summed E-state index contributed by atoms with van der Waals surface area (Å²) in [7, 11) is 0. The van der Waals surface area contributed by atoms with Gasteiger partial charge in [-0.3, -0.25) is 0 Å². The van der Waals surface area contributed by atoms with Crippen molar-refractivity contribution in [2.45, 2.75) is 33.4 Å². The maximum absolute atomic E-state index is 13.0. The molecule has 0 saturated carbocycles. The van der Waals surface area contributed by atoms with Crippen LogP contribution in [0.15, 0.2) is 28.7 Å². The zero-order valence-corrected chi connectivity index (χ0v) is 13.0. The fourth-order valence-electron chi connectivity index (χ4n) is 1.95. The van der Waals surface area contributed by atoms with Gasteiger partial charge in [-0.05, 0) is 44.2 Å². The van der Waals surface area contributed by atoms with Gasteiger partial charge in [0.2, 0.25) is 0 Å². The van der Waals surface area contributed by atoms with Crippen LogP contribution < -0.4 is 10.1 Å². The van der Waals surface area contributed by atoms with Gasteiger partial charge in [0.15, 0.2) is 0 Å². The molecule has 0 bridgehead atoms. The molecule has 21 heavy (non-hydrogen) atoms. The predicted molar refractivity (Wildman–Crippen MR) is 81.2 cm³/mol. The summed E-state index contributed by atoms with van der Waals surface area (Å²) in [6.45, 7) is 6.01. The van der Waals surface area contributed by atoms with Gasteiger partial charge in [-0.15, -0.1) is 0 Å². The Morgan fingerprint density at radius 1 is 1.33 bits per heavy atom. The second-order valence-corrected chi connectivity index (χ2v) is 5.24. The summed E-state index contributed by atoms with van der Waals surface area (Å²) in [6.07, 6.45) is 1.08. The van der Waals surface area contributed by atoms with E-state index in [1.54, 1.807) is 0 Å². The number of nitrogens with one attached hydrogen (secondary N) is 1. The Balaban J connectivity index is 1.96. The van der Waals surface area contributed by atoms with Gasteiger partial charge in [0.25, 0.3) is 0 Å². The third-order valence-corrected chi connectivity index (χ3v) is 3.37. The smallest absolute Gasteiger partial charge is 0.138 e. The maximum atomic E-state index is 13.0. The molecule has 114 valence electrons. The minimum Gasteiger partial charge on any atom is -0.487 e. The van der Waals surface area contributed by atoms with Crippen LogP contribution in [-0.2, 0) is 13.2 Å². The Hall–Kier alpha value is -1.52. The van der Waals surface area contributed by atoms with E-state index in [9.17, 15) is 4.39 Å². The van der Waals surface area contributed by atoms with E-state index in [4.69, 9.17) is 20.8 Å². The Kier molecular flexibility index (Phi) is 5.65. The molecule has 0 unspecified atom stereocenters. The van der Waals surface area contributed by atoms with E-state index in [0.717, 1.165) is 30.0 Å². The first-order valence-electron chi connectivity index (χ1n) is 6.97. The lowest BCUT2D eigenvalue weighted by molar-refractivity contribution is 0.302. The fourth-order valence-corrected chi connectivity index (χ4v) is 2.18. The summed E-state index contributed by atoms with van der Waals surface area (Å²) >= 11 is 5.93. The van der Waals surface area contributed by atoms with Crippen LogP contribution in [0.4, 0.5) is 4.39 Å². The maximum Gasteiger partial charge on any atom is 0.138 e. The highest BCUT2D eigenvalue weighted by atomic mass is 35.5. The van der Waals surface area contributed by atoms with Crippen LogP contribution in [0.2, 0.25) is 5.02 Å². The lowest BCUT2D eigenvalue weighted by atomic mass is 10.2. The molecule has 1 aromatic heterocycles. The number of furan rings is 1. The van der Waals surface area contributed by atoms with Gasteiger partial charge in [-0.2, -0.15) is 0 Å². The molecule has 1 aromatic carbocycles. The van der Waals surface area contributed by atoms with Gasteiger partial charge >= 0.3 is 0 Å². The molecule has 0 spiro atoms. The SMILES string of the molecule is CCCNCc1cc(COc2ccc(F)cc2Cl)c(C)o1. The summed E-state index contributed by atoms with van der Waals surface area (Å²) < 4.78 is 24.2. The quantitative estimate of drug-likeness (QED) is 0.767. The number of ether oxygens (including phenoxy) is 1. The predicted octanol–water partition coefficient (Wildman–Crippen LogP) is 4.46. The number of hydrogen-bond acceptors (Lipinski definition) is 3. The highest BCUT2D eigenvalue weighted by Gasteiger charge is 2.09. The Labute approximate surface area is 129 Å². The van der Waals surface area contributed by atoms with Gasteiger partial charge in [0, 0.05) is 5.56 Å². The molecule has 1 heterocycles. The average molecular weight is 312 g/mol. The van der Waals surface area contributed by atoms with Crippen LogP contribution in [0, 0.1) is 12.7 Å². The average Bonchev–Trinajstić information content (AvgIpc) is 2.79. The van der Waals surface area contributed by atoms with Crippen molar-refractivity contribution in [3.63, 3.8) is 0 Å². The lowest BCUT2D eigenvalue weighted by Gasteiger charge is -2.07. The van der Waals surface area contributed by atoms with E-state index in [2.05, 4.69) is 12.2 Å². The molecular weight excluding hydrogens is 293 g/mol. The van der Waals surface area contributed by atoms with Crippen LogP contribution in [0.25, 0.3) is 0 Å². The van der Waals surface area contributed by atoms with Gasteiger partial charge in [0.05, 0.1) is 11.6 Å². The molecule has 0 radical (unpaired) electrons. The summed E-state index contributed by atoms with van der Waals surface area (Å²) in [4.78, 5) is 0. The first-order chi connectivity index (χ1) is 10.1. The molecule has 2 rings (SSSR count). The monoisotopic (exact) mass is 311 g/mol. The van der Waals surface area contributed by atoms with Crippen molar-refractivity contribution in [1.82, 2.24) is 5.32 Å². The molecule has 2 aromatic rings. The second kappa shape index (κ2) is 7.48. The summed E-state index contributed by atoms with van der Waals surface area (Å²) in [5.41, 5.74) is 0.962. The molecule has 0 amide bonds. The first kappa shape index (κ1) is 15.9. The van der Waals surface area contributed by atoms with Gasteiger partial charge in [-0.25, -0.2) is 4.39 Å². The number of rotatable bonds is 7. The van der Waals surface area contributed by atoms with E-state index in [1.165, 1.54) is 18.2 Å². The van der Waals surface area contributed by atoms with Crippen molar-refractivity contribution in [3.8, 4) is 5.75 Å². The third kappa shape index (κ3) is 4.48. The van der Waals surface area contributed by atoms with Crippen LogP contribution in [0.3, 0.4) is 0 Å². The molecule has 0 atom stereocenters. The molecule has 0 aliphatic heterocycles. The largest absolute Gasteiger partial charge is 0.487 e. The summed E-state index contributed by atoms with van der Waals surface area (Å²) in [5, 5.41) is 3.55. The molecule has 1 N–H and O–H groups in total. The number of aryl methyl sites for hydroxylation is 1. The minimum absolute atomic E-state index is 0.265. The zero-order chi connectivity index (χ0) is 15.2. The van der Waals surface area contributed by atoms with Gasteiger partial charge < -0.3 is 14.5 Å². The second-order valence-electron chi connectivity index (χ2n) is 4.83. The van der Waals surface area contributed by atoms with Crippen LogP contribution in [-0.4, -0.2) is 6.54 Å². The summed E-state index contributed by atoms with van der Waals surface area (Å²) in [5.74, 6) is 1.78. The molecule has 0 aliphatic carbocycles. The lowest BCUT2D eigenvalue weighted by Crippen LogP contribution is -2.13. The minimum atomic E-state index is -0.379. The van der Waals surface area contributed by atoms with Crippen molar-refractivity contribution in [2.24, 2.45) is 0 Å². The number of hydrogen-bond donors (Lipinski definition) is 1. The Bertz CT molecular complexity index is 598. The highest BCUT2D eigenvalue weighted by molar-refractivity contribution is 6.32. The van der Waals surface area contributed by atoms with E-state index in [0.29, 0.717) is 18.9 Å². The van der Waals surface area contributed by atoms with Gasteiger partial charge in [0.1, 0.15) is 29.7 Å². The van der Waals surface area contributed by atoms with Crippen molar-refractivity contribution < 1.29 is 13.5 Å². The Morgan fingerprint density at radius 3 is 2.86 bits per heavy atom. The molecule has 0 fully saturated rings. The molecule has 0 aliphatic rings. The van der Waals surface area contributed by atoms with E-state index in [-0.39, 0.29) is 10.8 Å². The van der Waals surface area contributed by atoms with E-state index < -0.39 is 0 Å². The Morgan fingerprint density at radius 2 is 2.14 bits per heavy atom. The van der Waals surface area contributed by atoms with E-state index >= 15 is 0 Å². The molecular formula is C16H19ClFNO2. The summed E-state index contributed by atoms with van der Waals surface area (Å²) in [6, 6.07) is 6.05. The highest BCUT2D eigenvalue weighted by Crippen LogP contribution is 2.26. The van der Waals surface area contributed by atoms with E-state index in [1.807, 2.05) is 13.0 Å².